The van der Waals surface area contributed by atoms with Crippen LogP contribution in [0.25, 0.3) is 0 Å². The number of rotatable bonds is 3. The van der Waals surface area contributed by atoms with Crippen molar-refractivity contribution in [3.05, 3.63) is 65.2 Å². The minimum Gasteiger partial charge on any atom is -0.507 e. The van der Waals surface area contributed by atoms with Crippen molar-refractivity contribution in [3.63, 3.8) is 0 Å². The second-order valence-corrected chi connectivity index (χ2v) is 3.95. The molecule has 0 aromatic heterocycles. The van der Waals surface area contributed by atoms with Crippen LogP contribution in [0.15, 0.2) is 53.6 Å². The number of hydrazone groups is 1. The largest absolute Gasteiger partial charge is 0.507 e. The molecular formula is C15H11N3O2. The predicted octanol–water partition coefficient (Wildman–Crippen LogP) is 2.03. The summed E-state index contributed by atoms with van der Waals surface area (Å²) >= 11 is 0. The molecular weight excluding hydrogens is 254 g/mol. The highest BCUT2D eigenvalue weighted by molar-refractivity contribution is 5.95. The molecule has 0 unspecified atom stereocenters. The van der Waals surface area contributed by atoms with Gasteiger partial charge in [-0.2, -0.15) is 10.4 Å². The van der Waals surface area contributed by atoms with E-state index in [0.29, 0.717) is 16.7 Å². The van der Waals surface area contributed by atoms with Gasteiger partial charge in [0.15, 0.2) is 0 Å². The minimum atomic E-state index is -0.388. The number of benzene rings is 2. The van der Waals surface area contributed by atoms with E-state index in [0.717, 1.165) is 0 Å². The highest BCUT2D eigenvalue weighted by atomic mass is 16.3. The van der Waals surface area contributed by atoms with Gasteiger partial charge < -0.3 is 5.11 Å². The van der Waals surface area contributed by atoms with E-state index >= 15 is 0 Å². The van der Waals surface area contributed by atoms with Crippen molar-refractivity contribution in [1.29, 1.82) is 5.26 Å². The maximum atomic E-state index is 11.7. The fourth-order valence-electron chi connectivity index (χ4n) is 1.52. The quantitative estimate of drug-likeness (QED) is 0.657. The molecule has 98 valence electrons. The predicted molar refractivity (Wildman–Crippen MR) is 74.3 cm³/mol. The Morgan fingerprint density at radius 1 is 1.20 bits per heavy atom. The summed E-state index contributed by atoms with van der Waals surface area (Å²) in [6.45, 7) is 0. The number of carbonyl (C=O) groups excluding carboxylic acids is 1. The monoisotopic (exact) mass is 265 g/mol. The SMILES string of the molecule is N#Cc1ccc(C(=O)N/N=C/c2ccccc2O)cc1. The molecule has 2 aromatic rings. The lowest BCUT2D eigenvalue weighted by atomic mass is 10.1. The molecule has 0 radical (unpaired) electrons. The maximum Gasteiger partial charge on any atom is 0.271 e. The van der Waals surface area contributed by atoms with Crippen molar-refractivity contribution in [3.8, 4) is 11.8 Å². The number of phenols is 1. The summed E-state index contributed by atoms with van der Waals surface area (Å²) in [5.74, 6) is -0.301. The topological polar surface area (TPSA) is 85.5 Å². The molecule has 0 aliphatic carbocycles. The zero-order valence-corrected chi connectivity index (χ0v) is 10.4. The van der Waals surface area contributed by atoms with E-state index in [1.54, 1.807) is 42.5 Å². The molecule has 0 saturated carbocycles. The highest BCUT2D eigenvalue weighted by Gasteiger charge is 2.03. The first kappa shape index (κ1) is 13.3. The molecule has 0 saturated heterocycles. The Hall–Kier alpha value is -3.13. The second kappa shape index (κ2) is 6.16. The second-order valence-electron chi connectivity index (χ2n) is 3.95. The van der Waals surface area contributed by atoms with E-state index in [2.05, 4.69) is 10.5 Å². The van der Waals surface area contributed by atoms with E-state index in [1.807, 2.05) is 6.07 Å². The lowest BCUT2D eigenvalue weighted by Gasteiger charge is -2.00. The van der Waals surface area contributed by atoms with Gasteiger partial charge in [0, 0.05) is 11.1 Å². The molecule has 2 N–H and O–H groups in total. The standard InChI is InChI=1S/C15H11N3O2/c16-9-11-5-7-12(8-6-11)15(20)18-17-10-13-3-1-2-4-14(13)19/h1-8,10,19H,(H,18,20)/b17-10+. The molecule has 0 spiro atoms. The number of nitriles is 1. The molecule has 0 bridgehead atoms. The minimum absolute atomic E-state index is 0.0869. The molecule has 0 fully saturated rings. The third-order valence-corrected chi connectivity index (χ3v) is 2.58. The summed E-state index contributed by atoms with van der Waals surface area (Å²) < 4.78 is 0. The fraction of sp³-hybridized carbons (Fsp3) is 0. The average Bonchev–Trinajstić information content (AvgIpc) is 2.49. The molecule has 5 heteroatoms. The van der Waals surface area contributed by atoms with Crippen molar-refractivity contribution in [2.45, 2.75) is 0 Å². The van der Waals surface area contributed by atoms with Crippen molar-refractivity contribution < 1.29 is 9.90 Å². The van der Waals surface area contributed by atoms with Crippen LogP contribution >= 0.6 is 0 Å². The third-order valence-electron chi connectivity index (χ3n) is 2.58. The van der Waals surface area contributed by atoms with E-state index in [9.17, 15) is 9.90 Å². The van der Waals surface area contributed by atoms with Crippen LogP contribution < -0.4 is 5.43 Å². The van der Waals surface area contributed by atoms with Crippen LogP contribution in [0.3, 0.4) is 0 Å². The summed E-state index contributed by atoms with van der Waals surface area (Å²) in [6.07, 6.45) is 1.36. The summed E-state index contributed by atoms with van der Waals surface area (Å²) in [4.78, 5) is 11.7. The number of nitrogens with zero attached hydrogens (tertiary/aromatic N) is 2. The van der Waals surface area contributed by atoms with Crippen molar-refractivity contribution >= 4 is 12.1 Å². The Kier molecular flexibility index (Phi) is 4.10. The third kappa shape index (κ3) is 3.21. The molecule has 5 nitrogen and oxygen atoms in total. The van der Waals surface area contributed by atoms with Gasteiger partial charge in [-0.05, 0) is 36.4 Å². The summed E-state index contributed by atoms with van der Waals surface area (Å²) in [6, 6.07) is 14.8. The van der Waals surface area contributed by atoms with E-state index in [1.165, 1.54) is 12.3 Å². The maximum absolute atomic E-state index is 11.7. The van der Waals surface area contributed by atoms with Crippen LogP contribution in [0.2, 0.25) is 0 Å². The van der Waals surface area contributed by atoms with Crippen LogP contribution in [0.1, 0.15) is 21.5 Å². The molecule has 20 heavy (non-hydrogen) atoms. The van der Waals surface area contributed by atoms with Gasteiger partial charge in [0.05, 0.1) is 17.8 Å². The van der Waals surface area contributed by atoms with Crippen LogP contribution in [0, 0.1) is 11.3 Å². The van der Waals surface area contributed by atoms with Gasteiger partial charge in [0.2, 0.25) is 0 Å². The lowest BCUT2D eigenvalue weighted by Crippen LogP contribution is -2.17. The molecule has 2 rings (SSSR count). The van der Waals surface area contributed by atoms with E-state index in [4.69, 9.17) is 5.26 Å². The molecule has 1 amide bonds. The van der Waals surface area contributed by atoms with Gasteiger partial charge in [0.1, 0.15) is 5.75 Å². The number of hydrogen-bond acceptors (Lipinski definition) is 4. The number of para-hydroxylation sites is 1. The van der Waals surface area contributed by atoms with Crippen molar-refractivity contribution in [2.75, 3.05) is 0 Å². The normalized spacial score (nSPS) is 10.2. The molecule has 0 aliphatic heterocycles. The Labute approximate surface area is 115 Å². The molecule has 0 aliphatic rings. The first-order valence-corrected chi connectivity index (χ1v) is 5.82. The van der Waals surface area contributed by atoms with Crippen molar-refractivity contribution in [1.82, 2.24) is 5.43 Å². The number of nitrogens with one attached hydrogen (secondary N) is 1. The Balaban J connectivity index is 2.02. The molecule has 0 atom stereocenters. The van der Waals surface area contributed by atoms with Gasteiger partial charge in [0.25, 0.3) is 5.91 Å². The van der Waals surface area contributed by atoms with Crippen LogP contribution in [-0.2, 0) is 0 Å². The summed E-state index contributed by atoms with van der Waals surface area (Å²) in [5, 5.41) is 22.0. The first-order valence-electron chi connectivity index (χ1n) is 5.82. The first-order chi connectivity index (χ1) is 9.70. The van der Waals surface area contributed by atoms with Crippen LogP contribution in [0.5, 0.6) is 5.75 Å². The zero-order valence-electron chi connectivity index (χ0n) is 10.4. The number of aromatic hydroxyl groups is 1. The Morgan fingerprint density at radius 3 is 2.55 bits per heavy atom. The van der Waals surface area contributed by atoms with E-state index in [-0.39, 0.29) is 11.7 Å². The zero-order chi connectivity index (χ0) is 14.4. The van der Waals surface area contributed by atoms with Crippen LogP contribution in [-0.4, -0.2) is 17.2 Å². The van der Waals surface area contributed by atoms with Gasteiger partial charge in [-0.1, -0.05) is 12.1 Å². The van der Waals surface area contributed by atoms with Gasteiger partial charge in [-0.3, -0.25) is 4.79 Å². The van der Waals surface area contributed by atoms with Crippen LogP contribution in [0.4, 0.5) is 0 Å². The molecule has 2 aromatic carbocycles. The Morgan fingerprint density at radius 2 is 1.90 bits per heavy atom. The van der Waals surface area contributed by atoms with Gasteiger partial charge >= 0.3 is 0 Å². The highest BCUT2D eigenvalue weighted by Crippen LogP contribution is 2.12. The fourth-order valence-corrected chi connectivity index (χ4v) is 1.52. The number of phenolic OH excluding ortho intramolecular Hbond substituents is 1. The van der Waals surface area contributed by atoms with Crippen molar-refractivity contribution in [2.24, 2.45) is 5.10 Å². The average molecular weight is 265 g/mol. The number of amides is 1. The smallest absolute Gasteiger partial charge is 0.271 e. The number of hydrogen-bond donors (Lipinski definition) is 2. The summed E-state index contributed by atoms with van der Waals surface area (Å²) in [5.41, 5.74) is 3.74. The summed E-state index contributed by atoms with van der Waals surface area (Å²) in [7, 11) is 0. The van der Waals surface area contributed by atoms with E-state index < -0.39 is 0 Å². The lowest BCUT2D eigenvalue weighted by molar-refractivity contribution is 0.0955. The van der Waals surface area contributed by atoms with Gasteiger partial charge in [-0.25, -0.2) is 5.43 Å². The molecule has 0 heterocycles. The van der Waals surface area contributed by atoms with Gasteiger partial charge in [-0.15, -0.1) is 0 Å². The number of carbonyl (C=O) groups is 1. The Bertz CT molecular complexity index is 685.